The normalized spacial score (nSPS) is 29.4. The van der Waals surface area contributed by atoms with E-state index in [0.29, 0.717) is 21.5 Å². The van der Waals surface area contributed by atoms with Crippen LogP contribution in [0.1, 0.15) is 43.0 Å². The van der Waals surface area contributed by atoms with Crippen molar-refractivity contribution in [2.24, 2.45) is 17.8 Å². The predicted octanol–water partition coefficient (Wildman–Crippen LogP) is 4.55. The lowest BCUT2D eigenvalue weighted by Gasteiger charge is -2.28. The number of carbonyl (C=O) groups excluding carboxylic acids is 1. The SMILES string of the molecule is C[C@@H](NC(=O)c1cc(Cl)cc(Cl)c1)[C@@H]1C[C@H]2CC[C@H]1C2. The van der Waals surface area contributed by atoms with Gasteiger partial charge in [-0.3, -0.25) is 4.79 Å². The smallest absolute Gasteiger partial charge is 0.251 e. The van der Waals surface area contributed by atoms with Crippen LogP contribution in [-0.2, 0) is 0 Å². The summed E-state index contributed by atoms with van der Waals surface area (Å²) >= 11 is 11.9. The van der Waals surface area contributed by atoms with Gasteiger partial charge in [0.2, 0.25) is 0 Å². The van der Waals surface area contributed by atoms with E-state index in [1.165, 1.54) is 25.7 Å². The van der Waals surface area contributed by atoms with Gasteiger partial charge in [0.15, 0.2) is 0 Å². The molecule has 2 aliphatic carbocycles. The van der Waals surface area contributed by atoms with Gasteiger partial charge in [-0.25, -0.2) is 0 Å². The van der Waals surface area contributed by atoms with Crippen molar-refractivity contribution in [2.45, 2.75) is 38.6 Å². The summed E-state index contributed by atoms with van der Waals surface area (Å²) in [5, 5.41) is 4.11. The molecule has 0 spiro atoms. The van der Waals surface area contributed by atoms with E-state index in [1.54, 1.807) is 18.2 Å². The van der Waals surface area contributed by atoms with Gasteiger partial charge in [0.25, 0.3) is 5.91 Å². The van der Waals surface area contributed by atoms with Crippen molar-refractivity contribution in [3.63, 3.8) is 0 Å². The van der Waals surface area contributed by atoms with E-state index in [0.717, 1.165) is 11.8 Å². The van der Waals surface area contributed by atoms with Crippen LogP contribution in [0.3, 0.4) is 0 Å². The van der Waals surface area contributed by atoms with Gasteiger partial charge < -0.3 is 5.32 Å². The third-order valence-corrected chi connectivity index (χ3v) is 5.35. The predicted molar refractivity (Wildman–Crippen MR) is 82.3 cm³/mol. The lowest BCUT2D eigenvalue weighted by atomic mass is 9.84. The number of amides is 1. The first-order chi connectivity index (χ1) is 9.52. The van der Waals surface area contributed by atoms with Gasteiger partial charge in [-0.1, -0.05) is 29.6 Å². The Bertz CT molecular complexity index is 511. The Labute approximate surface area is 129 Å². The molecule has 4 heteroatoms. The third-order valence-electron chi connectivity index (χ3n) is 4.92. The largest absolute Gasteiger partial charge is 0.349 e. The molecule has 2 fully saturated rings. The Hall–Kier alpha value is -0.730. The van der Waals surface area contributed by atoms with Crippen molar-refractivity contribution < 1.29 is 4.79 Å². The molecule has 20 heavy (non-hydrogen) atoms. The zero-order chi connectivity index (χ0) is 14.3. The summed E-state index contributed by atoms with van der Waals surface area (Å²) in [4.78, 5) is 12.3. The summed E-state index contributed by atoms with van der Waals surface area (Å²) in [5.41, 5.74) is 0.539. The van der Waals surface area contributed by atoms with Crippen LogP contribution < -0.4 is 5.32 Å². The molecule has 3 rings (SSSR count). The van der Waals surface area contributed by atoms with Crippen molar-refractivity contribution in [3.8, 4) is 0 Å². The summed E-state index contributed by atoms with van der Waals surface area (Å²) in [7, 11) is 0. The van der Waals surface area contributed by atoms with E-state index in [1.807, 2.05) is 0 Å². The minimum absolute atomic E-state index is 0.0790. The van der Waals surface area contributed by atoms with Gasteiger partial charge in [0, 0.05) is 21.7 Å². The molecule has 2 saturated carbocycles. The van der Waals surface area contributed by atoms with Gasteiger partial charge in [-0.05, 0) is 62.1 Å². The fourth-order valence-electron chi connectivity index (χ4n) is 3.99. The summed E-state index contributed by atoms with van der Waals surface area (Å²) in [6, 6.07) is 5.18. The Balaban J connectivity index is 1.66. The van der Waals surface area contributed by atoms with E-state index in [9.17, 15) is 4.79 Å². The number of benzene rings is 1. The lowest BCUT2D eigenvalue weighted by molar-refractivity contribution is 0.0915. The van der Waals surface area contributed by atoms with Crippen molar-refractivity contribution in [3.05, 3.63) is 33.8 Å². The fourth-order valence-corrected chi connectivity index (χ4v) is 4.51. The van der Waals surface area contributed by atoms with Crippen LogP contribution in [-0.4, -0.2) is 11.9 Å². The van der Waals surface area contributed by atoms with Gasteiger partial charge in [0.05, 0.1) is 0 Å². The molecule has 2 aliphatic rings. The molecule has 2 nitrogen and oxygen atoms in total. The van der Waals surface area contributed by atoms with Crippen LogP contribution in [0.5, 0.6) is 0 Å². The molecule has 0 saturated heterocycles. The van der Waals surface area contributed by atoms with Crippen LogP contribution in [0.4, 0.5) is 0 Å². The highest BCUT2D eigenvalue weighted by Gasteiger charge is 2.42. The van der Waals surface area contributed by atoms with Crippen LogP contribution in [0.25, 0.3) is 0 Å². The first-order valence-corrected chi connectivity index (χ1v) is 8.05. The number of nitrogens with one attached hydrogen (secondary N) is 1. The molecule has 0 radical (unpaired) electrons. The van der Waals surface area contributed by atoms with Gasteiger partial charge >= 0.3 is 0 Å². The second kappa shape index (κ2) is 5.57. The van der Waals surface area contributed by atoms with Crippen LogP contribution in [0.2, 0.25) is 10.0 Å². The average Bonchev–Trinajstić information content (AvgIpc) is 2.99. The Morgan fingerprint density at radius 1 is 1.20 bits per heavy atom. The lowest BCUT2D eigenvalue weighted by Crippen LogP contribution is -2.40. The molecule has 1 N–H and O–H groups in total. The molecule has 108 valence electrons. The molecule has 0 heterocycles. The van der Waals surface area contributed by atoms with Crippen molar-refractivity contribution in [2.75, 3.05) is 0 Å². The van der Waals surface area contributed by atoms with E-state index >= 15 is 0 Å². The summed E-state index contributed by atoms with van der Waals surface area (Å²) in [5.74, 6) is 2.25. The number of rotatable bonds is 3. The van der Waals surface area contributed by atoms with Crippen LogP contribution >= 0.6 is 23.2 Å². The second-order valence-electron chi connectivity index (χ2n) is 6.26. The summed E-state index contributed by atoms with van der Waals surface area (Å²) in [6.45, 7) is 2.12. The number of hydrogen-bond acceptors (Lipinski definition) is 1. The van der Waals surface area contributed by atoms with Crippen LogP contribution in [0, 0.1) is 17.8 Å². The zero-order valence-electron chi connectivity index (χ0n) is 11.5. The summed E-state index contributed by atoms with van der Waals surface area (Å²) in [6.07, 6.45) is 5.33. The quantitative estimate of drug-likeness (QED) is 0.872. The molecule has 1 aromatic carbocycles. The van der Waals surface area contributed by atoms with Gasteiger partial charge in [-0.15, -0.1) is 0 Å². The molecule has 2 bridgehead atoms. The third kappa shape index (κ3) is 2.82. The van der Waals surface area contributed by atoms with Gasteiger partial charge in [0.1, 0.15) is 0 Å². The molecule has 4 atom stereocenters. The highest BCUT2D eigenvalue weighted by atomic mass is 35.5. The van der Waals surface area contributed by atoms with E-state index < -0.39 is 0 Å². The number of halogens is 2. The fraction of sp³-hybridized carbons (Fsp3) is 0.562. The molecule has 0 unspecified atom stereocenters. The minimum Gasteiger partial charge on any atom is -0.349 e. The standard InChI is InChI=1S/C16H19Cl2NO/c1-9(15-5-10-2-3-11(15)4-10)19-16(20)12-6-13(17)8-14(18)7-12/h6-11,15H,2-5H2,1H3,(H,19,20)/t9-,10+,11+,15+/m1/s1. The van der Waals surface area contributed by atoms with Crippen molar-refractivity contribution in [1.82, 2.24) is 5.32 Å². The highest BCUT2D eigenvalue weighted by Crippen LogP contribution is 2.49. The molecule has 1 amide bonds. The van der Waals surface area contributed by atoms with Crippen LogP contribution in [0.15, 0.2) is 18.2 Å². The second-order valence-corrected chi connectivity index (χ2v) is 7.13. The molecule has 0 aromatic heterocycles. The minimum atomic E-state index is -0.0790. The van der Waals surface area contributed by atoms with Gasteiger partial charge in [-0.2, -0.15) is 0 Å². The molecule has 1 aromatic rings. The van der Waals surface area contributed by atoms with E-state index in [4.69, 9.17) is 23.2 Å². The monoisotopic (exact) mass is 311 g/mol. The maximum Gasteiger partial charge on any atom is 0.251 e. The summed E-state index contributed by atoms with van der Waals surface area (Å²) < 4.78 is 0. The number of carbonyl (C=O) groups is 1. The number of hydrogen-bond donors (Lipinski definition) is 1. The molecular weight excluding hydrogens is 293 g/mol. The van der Waals surface area contributed by atoms with E-state index in [2.05, 4.69) is 12.2 Å². The maximum absolute atomic E-state index is 12.3. The average molecular weight is 312 g/mol. The maximum atomic E-state index is 12.3. The molecular formula is C16H19Cl2NO. The zero-order valence-corrected chi connectivity index (χ0v) is 13.0. The van der Waals surface area contributed by atoms with Crippen molar-refractivity contribution >= 4 is 29.1 Å². The first kappa shape index (κ1) is 14.2. The van der Waals surface area contributed by atoms with Crippen molar-refractivity contribution in [1.29, 1.82) is 0 Å². The Morgan fingerprint density at radius 3 is 2.45 bits per heavy atom. The molecule has 0 aliphatic heterocycles. The topological polar surface area (TPSA) is 29.1 Å². The highest BCUT2D eigenvalue weighted by molar-refractivity contribution is 6.35. The number of fused-ring (bicyclic) bond motifs is 2. The first-order valence-electron chi connectivity index (χ1n) is 7.30. The van der Waals surface area contributed by atoms with E-state index in [-0.39, 0.29) is 11.9 Å². The Morgan fingerprint density at radius 2 is 1.90 bits per heavy atom. The Kier molecular flexibility index (Phi) is 3.96.